The molecule has 38 heavy (non-hydrogen) atoms. The number of hydrogen-bond acceptors (Lipinski definition) is 5. The highest BCUT2D eigenvalue weighted by Crippen LogP contribution is 2.31. The Balaban J connectivity index is 1.37. The quantitative estimate of drug-likeness (QED) is 0.235. The molecule has 1 aliphatic carbocycles. The van der Waals surface area contributed by atoms with Gasteiger partial charge in [-0.15, -0.1) is 0 Å². The first-order valence-electron chi connectivity index (χ1n) is 14.3. The van der Waals surface area contributed by atoms with Gasteiger partial charge in [0.2, 0.25) is 5.91 Å². The van der Waals surface area contributed by atoms with Crippen LogP contribution in [0.25, 0.3) is 10.9 Å². The molecule has 1 saturated carbocycles. The van der Waals surface area contributed by atoms with Gasteiger partial charge in [0.05, 0.1) is 12.6 Å². The number of rotatable bonds is 12. The zero-order chi connectivity index (χ0) is 26.7. The minimum absolute atomic E-state index is 0.127. The number of methoxy groups -OCH3 is 1. The molecule has 1 aromatic carbocycles. The van der Waals surface area contributed by atoms with E-state index in [1.165, 1.54) is 16.5 Å². The fraction of sp³-hybridized carbons (Fsp3) is 0.531. The molecule has 204 valence electrons. The van der Waals surface area contributed by atoms with Crippen molar-refractivity contribution in [1.82, 2.24) is 15.3 Å². The summed E-state index contributed by atoms with van der Waals surface area (Å²) in [6, 6.07) is 12.5. The number of hydrogen-bond donors (Lipinski definition) is 1. The second kappa shape index (κ2) is 14.2. The number of aromatic nitrogens is 2. The van der Waals surface area contributed by atoms with Crippen LogP contribution in [0.5, 0.6) is 5.75 Å². The van der Waals surface area contributed by atoms with E-state index in [1.807, 2.05) is 31.3 Å². The first-order valence-corrected chi connectivity index (χ1v) is 14.3. The van der Waals surface area contributed by atoms with Crippen LogP contribution >= 0.6 is 0 Å². The highest BCUT2D eigenvalue weighted by molar-refractivity contribution is 5.82. The van der Waals surface area contributed by atoms with Crippen LogP contribution in [-0.2, 0) is 28.8 Å². The van der Waals surface area contributed by atoms with Crippen molar-refractivity contribution >= 4 is 16.8 Å². The summed E-state index contributed by atoms with van der Waals surface area (Å²) in [6.45, 7) is 6.29. The summed E-state index contributed by atoms with van der Waals surface area (Å²) in [5, 5.41) is 4.29. The number of para-hydroxylation sites is 1. The Hall–Kier alpha value is -2.99. The van der Waals surface area contributed by atoms with Gasteiger partial charge in [0, 0.05) is 48.6 Å². The van der Waals surface area contributed by atoms with Gasteiger partial charge in [-0.2, -0.15) is 0 Å². The molecule has 4 rings (SSSR count). The highest BCUT2D eigenvalue weighted by Gasteiger charge is 2.25. The Labute approximate surface area is 227 Å². The first-order chi connectivity index (χ1) is 18.6. The van der Waals surface area contributed by atoms with Gasteiger partial charge >= 0.3 is 0 Å². The normalized spacial score (nSPS) is 17.8. The van der Waals surface area contributed by atoms with Crippen LogP contribution in [-0.4, -0.2) is 42.7 Å². The van der Waals surface area contributed by atoms with Crippen molar-refractivity contribution in [3.8, 4) is 5.75 Å². The van der Waals surface area contributed by atoms with Gasteiger partial charge in [-0.1, -0.05) is 31.0 Å². The molecule has 2 atom stereocenters. The van der Waals surface area contributed by atoms with Crippen molar-refractivity contribution in [2.45, 2.75) is 71.6 Å². The summed E-state index contributed by atoms with van der Waals surface area (Å²) in [7, 11) is 1.72. The Morgan fingerprint density at radius 1 is 1.08 bits per heavy atom. The molecule has 0 radical (unpaired) electrons. The van der Waals surface area contributed by atoms with E-state index in [0.717, 1.165) is 87.0 Å². The van der Waals surface area contributed by atoms with E-state index in [1.54, 1.807) is 7.11 Å². The molecule has 0 saturated heterocycles. The van der Waals surface area contributed by atoms with E-state index in [9.17, 15) is 4.79 Å². The lowest BCUT2D eigenvalue weighted by Crippen LogP contribution is -2.31. The van der Waals surface area contributed by atoms with Crippen LogP contribution in [0.1, 0.15) is 68.0 Å². The van der Waals surface area contributed by atoms with Crippen LogP contribution < -0.4 is 10.1 Å². The first kappa shape index (κ1) is 28.0. The third kappa shape index (κ3) is 7.53. The standard InChI is InChI=1S/C32H43N3O3/c1-4-38-20-8-18-34-32(36)26-11-7-9-24(13-14-26)22-30-27-21-23(2)28(35-29(27)17-19-33-30)16-15-25-10-5-6-12-31(25)37-3/h5-6,10,12,17,19,21,24,26H,4,7-9,11,13-16,18,20,22H2,1-3H3,(H,34,36). The van der Waals surface area contributed by atoms with Gasteiger partial charge in [0.25, 0.3) is 0 Å². The molecule has 1 N–H and O–H groups in total. The van der Waals surface area contributed by atoms with E-state index < -0.39 is 0 Å². The summed E-state index contributed by atoms with van der Waals surface area (Å²) < 4.78 is 10.9. The third-order valence-corrected chi connectivity index (χ3v) is 7.85. The SMILES string of the molecule is CCOCCCNC(=O)C1CCCC(Cc2nccc3nc(CCc4ccccc4OC)c(C)cc23)CC1. The predicted molar refractivity (Wildman–Crippen MR) is 153 cm³/mol. The monoisotopic (exact) mass is 517 g/mol. The minimum atomic E-state index is 0.127. The van der Waals surface area contributed by atoms with Gasteiger partial charge in [-0.05, 0) is 94.0 Å². The van der Waals surface area contributed by atoms with E-state index in [0.29, 0.717) is 19.1 Å². The molecule has 0 aliphatic heterocycles. The van der Waals surface area contributed by atoms with E-state index in [-0.39, 0.29) is 11.8 Å². The maximum Gasteiger partial charge on any atom is 0.223 e. The fourth-order valence-electron chi connectivity index (χ4n) is 5.66. The Morgan fingerprint density at radius 2 is 1.95 bits per heavy atom. The van der Waals surface area contributed by atoms with Crippen LogP contribution in [0.15, 0.2) is 42.6 Å². The van der Waals surface area contributed by atoms with Gasteiger partial charge in [-0.3, -0.25) is 14.8 Å². The molecule has 2 heterocycles. The molecule has 2 unspecified atom stereocenters. The summed E-state index contributed by atoms with van der Waals surface area (Å²) >= 11 is 0. The molecule has 3 aromatic rings. The van der Waals surface area contributed by atoms with Gasteiger partial charge in [0.1, 0.15) is 5.75 Å². The van der Waals surface area contributed by atoms with Crippen LogP contribution in [0.4, 0.5) is 0 Å². The summed E-state index contributed by atoms with van der Waals surface area (Å²) in [5.41, 5.74) is 5.71. The summed E-state index contributed by atoms with van der Waals surface area (Å²) in [4.78, 5) is 22.5. The van der Waals surface area contributed by atoms with Crippen molar-refractivity contribution in [3.05, 3.63) is 65.1 Å². The van der Waals surface area contributed by atoms with Crippen LogP contribution in [0, 0.1) is 18.8 Å². The number of aryl methyl sites for hydroxylation is 3. The molecule has 2 aromatic heterocycles. The number of amides is 1. The molecule has 1 amide bonds. The topological polar surface area (TPSA) is 73.3 Å². The average Bonchev–Trinajstić information content (AvgIpc) is 3.18. The van der Waals surface area contributed by atoms with Crippen LogP contribution in [0.2, 0.25) is 0 Å². The zero-order valence-electron chi connectivity index (χ0n) is 23.3. The number of carbonyl (C=O) groups is 1. The molecule has 1 fully saturated rings. The fourth-order valence-corrected chi connectivity index (χ4v) is 5.66. The predicted octanol–water partition coefficient (Wildman–Crippen LogP) is 6.01. The second-order valence-corrected chi connectivity index (χ2v) is 10.5. The summed E-state index contributed by atoms with van der Waals surface area (Å²) in [5.74, 6) is 1.82. The molecule has 6 nitrogen and oxygen atoms in total. The van der Waals surface area contributed by atoms with Gasteiger partial charge in [0.15, 0.2) is 0 Å². The molecular weight excluding hydrogens is 474 g/mol. The Kier molecular flexibility index (Phi) is 10.5. The molecule has 0 spiro atoms. The number of nitrogens with one attached hydrogen (secondary N) is 1. The summed E-state index contributed by atoms with van der Waals surface area (Å²) in [6.07, 6.45) is 10.7. The van der Waals surface area contributed by atoms with Gasteiger partial charge < -0.3 is 14.8 Å². The smallest absolute Gasteiger partial charge is 0.223 e. The lowest BCUT2D eigenvalue weighted by Gasteiger charge is -2.17. The number of pyridine rings is 2. The molecular formula is C32H43N3O3. The van der Waals surface area contributed by atoms with Crippen molar-refractivity contribution in [3.63, 3.8) is 0 Å². The minimum Gasteiger partial charge on any atom is -0.496 e. The van der Waals surface area contributed by atoms with Crippen LogP contribution in [0.3, 0.4) is 0 Å². The van der Waals surface area contributed by atoms with Crippen molar-refractivity contribution in [1.29, 1.82) is 0 Å². The van der Waals surface area contributed by atoms with E-state index in [2.05, 4.69) is 30.4 Å². The van der Waals surface area contributed by atoms with Crippen molar-refractivity contribution in [2.24, 2.45) is 11.8 Å². The number of fused-ring (bicyclic) bond motifs is 1. The van der Waals surface area contributed by atoms with Crippen molar-refractivity contribution in [2.75, 3.05) is 26.9 Å². The van der Waals surface area contributed by atoms with Crippen molar-refractivity contribution < 1.29 is 14.3 Å². The number of benzene rings is 1. The second-order valence-electron chi connectivity index (χ2n) is 10.5. The molecule has 0 bridgehead atoms. The maximum absolute atomic E-state index is 12.7. The number of carbonyl (C=O) groups excluding carboxylic acids is 1. The highest BCUT2D eigenvalue weighted by atomic mass is 16.5. The average molecular weight is 518 g/mol. The van der Waals surface area contributed by atoms with Gasteiger partial charge in [-0.25, -0.2) is 0 Å². The largest absolute Gasteiger partial charge is 0.496 e. The van der Waals surface area contributed by atoms with E-state index in [4.69, 9.17) is 19.4 Å². The lowest BCUT2D eigenvalue weighted by atomic mass is 9.92. The Morgan fingerprint density at radius 3 is 2.79 bits per heavy atom. The van der Waals surface area contributed by atoms with E-state index >= 15 is 0 Å². The molecule has 1 aliphatic rings. The lowest BCUT2D eigenvalue weighted by molar-refractivity contribution is -0.125. The zero-order valence-corrected chi connectivity index (χ0v) is 23.3. The number of nitrogens with zero attached hydrogens (tertiary/aromatic N) is 2. The molecule has 6 heteroatoms. The maximum atomic E-state index is 12.7. The number of ether oxygens (including phenoxy) is 2. The Bertz CT molecular complexity index is 1200. The third-order valence-electron chi connectivity index (χ3n) is 7.85.